The Morgan fingerprint density at radius 1 is 0.382 bits per heavy atom. The molecule has 3 N–H and O–H groups in total. The highest BCUT2D eigenvalue weighted by molar-refractivity contribution is 9.10. The van der Waals surface area contributed by atoms with Gasteiger partial charge in [-0.3, -0.25) is 19.6 Å². The first-order valence-electron chi connectivity index (χ1n) is 23.6. The number of nitrogens with zero attached hydrogens (tertiary/aromatic N) is 3. The van der Waals surface area contributed by atoms with Crippen molar-refractivity contribution in [2.75, 3.05) is 0 Å². The molecule has 54 heteroatoms. The Bertz CT molecular complexity index is 2000. The Balaban J connectivity index is 0.00000130. The van der Waals surface area contributed by atoms with Crippen LogP contribution in [0.25, 0.3) is 0 Å². The van der Waals surface area contributed by atoms with E-state index in [-0.39, 0.29) is 22.7 Å². The van der Waals surface area contributed by atoms with Crippen LogP contribution >= 0.6 is 31.9 Å². The Hall–Kier alpha value is -0.0678. The summed E-state index contributed by atoms with van der Waals surface area (Å²) in [7, 11) is 137. The van der Waals surface area contributed by atoms with Crippen LogP contribution in [0.15, 0.2) is 63.9 Å². The summed E-state index contributed by atoms with van der Waals surface area (Å²) in [6, 6.07) is 9.57. The molecule has 304 valence electrons. The van der Waals surface area contributed by atoms with Gasteiger partial charge in [-0.15, -0.1) is 0 Å². The Morgan fingerprint density at radius 3 is 0.816 bits per heavy atom. The number of carbonyl (C=O) groups excluding carboxylic acids is 2. The molecule has 3 aromatic heterocycles. The molecule has 0 aliphatic heterocycles. The van der Waals surface area contributed by atoms with E-state index < -0.39 is 141 Å². The molecule has 76 heavy (non-hydrogen) atoms. The molecule has 0 fully saturated rings. The number of Topliss-reactive ketones (excluding diaryl/α,β-unsaturated/α-hetero) is 2. The van der Waals surface area contributed by atoms with Crippen LogP contribution in [-0.4, -0.2) is 353 Å². The molecule has 44 radical (unpaired) electrons. The monoisotopic (exact) mass is 1060 g/mol. The topological polar surface area (TPSA) is 151 Å². The largest absolute Gasteiger partial charge is 0.490 e. The van der Waals surface area contributed by atoms with Crippen LogP contribution in [0.1, 0.15) is 58.2 Å². The lowest BCUT2D eigenvalue weighted by molar-refractivity contribution is 0.0690. The van der Waals surface area contributed by atoms with E-state index >= 15 is 0 Å². The first kappa shape index (κ1) is 75.9. The number of rotatable bonds is 25. The van der Waals surface area contributed by atoms with Gasteiger partial charge in [-0.25, -0.2) is 9.78 Å². The fraction of sp³-hybridized carbons (Fsp3) is 0.182. The van der Waals surface area contributed by atoms with E-state index in [1.54, 1.807) is 25.3 Å². The predicted molar refractivity (Wildman–Crippen MR) is 376 cm³/mol. The number of hydrogen-bond acceptors (Lipinski definition) is 8. The second-order valence-electron chi connectivity index (χ2n) is 18.0. The molecule has 0 saturated heterocycles. The summed E-state index contributed by atoms with van der Waals surface area (Å²) < 4.78 is 1.67. The van der Waals surface area contributed by atoms with Gasteiger partial charge < -0.3 is 15.2 Å². The van der Waals surface area contributed by atoms with E-state index in [9.17, 15) is 14.4 Å². The highest BCUT2D eigenvalue weighted by Gasteiger charge is 2.57. The summed E-state index contributed by atoms with van der Waals surface area (Å²) in [5, 5.41) is 25.9. The number of halogens is 2. The van der Waals surface area contributed by atoms with Crippen molar-refractivity contribution in [3.63, 3.8) is 0 Å². The summed E-state index contributed by atoms with van der Waals surface area (Å²) in [5.41, 5.74) is 1.23. The lowest BCUT2D eigenvalue weighted by Gasteiger charge is -2.55. The standard InChI is InChI=1S/C8H10BNO3.C8H8BrNO.C6H4BrNO2.B42/c1-2-8(11)7-4-3-6(5-10-7)9(12)13;1-2-8(11)7-4-3-6(9)5-10-7;7-4-1-2-5(6(9)10)8-3-4;1-23(2)34(24(3)4)39(33(21)22)42(40(35(25(5)6)26(7)8)36(27(9)10)28(11)12)41(37(29(13)14)30(15)16)38(31(17)18)32(19)20/h3-5,12-13H,2H2,1H3;3-5H,2H2,1H3;1-3H,(H,9,10);. The molecule has 0 saturated carbocycles. The van der Waals surface area contributed by atoms with Crippen molar-refractivity contribution in [3.05, 3.63) is 81.0 Å². The van der Waals surface area contributed by atoms with E-state index in [0.717, 1.165) is 8.95 Å². The molecule has 0 bridgehead atoms. The highest BCUT2D eigenvalue weighted by Crippen LogP contribution is 2.20. The minimum absolute atomic E-state index is 0.0565. The van der Waals surface area contributed by atoms with Crippen LogP contribution in [0, 0.1) is 0 Å². The van der Waals surface area contributed by atoms with Crippen molar-refractivity contribution in [2.24, 2.45) is 0 Å². The average molecular weight is 1050 g/mol. The zero-order chi connectivity index (χ0) is 59.2. The second kappa shape index (κ2) is 37.9. The third-order valence-corrected chi connectivity index (χ3v) is 13.4. The van der Waals surface area contributed by atoms with Crippen LogP contribution in [0.5, 0.6) is 0 Å². The van der Waals surface area contributed by atoms with E-state index in [1.165, 1.54) is 30.6 Å². The molecule has 3 heterocycles. The van der Waals surface area contributed by atoms with Crippen molar-refractivity contribution >= 4 is 360 Å². The highest BCUT2D eigenvalue weighted by atomic mass is 79.9. The minimum Gasteiger partial charge on any atom is -0.477 e. The van der Waals surface area contributed by atoms with Crippen molar-refractivity contribution < 1.29 is 29.5 Å². The number of carboxylic acids is 1. The van der Waals surface area contributed by atoms with Gasteiger partial charge in [0.1, 0.15) is 17.1 Å². The summed E-state index contributed by atoms with van der Waals surface area (Å²) in [4.78, 5) is 43.8. The maximum absolute atomic E-state index is 11.1. The summed E-state index contributed by atoms with van der Waals surface area (Å²) in [6.45, 7) is 3.57. The van der Waals surface area contributed by atoms with Crippen LogP contribution in [0.2, 0.25) is 0 Å². The summed E-state index contributed by atoms with van der Waals surface area (Å²) in [6.07, 6.45) is -18.2. The van der Waals surface area contributed by atoms with Crippen LogP contribution < -0.4 is 5.46 Å². The molecule has 0 unspecified atom stereocenters. The third kappa shape index (κ3) is 24.8. The van der Waals surface area contributed by atoms with Gasteiger partial charge in [0.05, 0.1) is 0 Å². The Kier molecular flexibility index (Phi) is 37.9. The lowest BCUT2D eigenvalue weighted by Crippen LogP contribution is -2.93. The molecule has 0 aliphatic rings. The van der Waals surface area contributed by atoms with Crippen molar-refractivity contribution in [1.82, 2.24) is 15.0 Å². The number of carboxylic acid groups (broad SMARTS) is 1. The molecule has 0 spiro atoms. The number of hydrogen-bond donors (Lipinski definition) is 3. The molecule has 0 amide bonds. The molecule has 3 aromatic rings. The fourth-order valence-corrected chi connectivity index (χ4v) is 9.53. The summed E-state index contributed by atoms with van der Waals surface area (Å²) in [5.74, 6) is -0.982. The zero-order valence-corrected chi connectivity index (χ0v) is 45.8. The molecule has 0 atom stereocenters. The second-order valence-corrected chi connectivity index (χ2v) is 19.8. The normalized spacial score (nSPS) is 9.61. The van der Waals surface area contributed by atoms with Gasteiger partial charge in [0.15, 0.2) is 11.6 Å². The average Bonchev–Trinajstić information content (AvgIpc) is 3.30. The van der Waals surface area contributed by atoms with Crippen molar-refractivity contribution in [2.45, 2.75) is 26.7 Å². The quantitative estimate of drug-likeness (QED) is 0.0556. The van der Waals surface area contributed by atoms with Gasteiger partial charge >= 0.3 is 13.1 Å². The number of aromatic carboxylic acids is 1. The number of carbonyl (C=O) groups is 3. The number of ketones is 2. The van der Waals surface area contributed by atoms with Gasteiger partial charge in [-0.05, 0) is 62.2 Å². The van der Waals surface area contributed by atoms with Crippen LogP contribution in [-0.2, 0) is 0 Å². The number of pyridine rings is 3. The van der Waals surface area contributed by atoms with E-state index in [2.05, 4.69) is 46.8 Å². The smallest absolute Gasteiger partial charge is 0.477 e. The van der Waals surface area contributed by atoms with Gasteiger partial charge in [-0.1, -0.05) is 19.9 Å². The van der Waals surface area contributed by atoms with Crippen LogP contribution in [0.3, 0.4) is 0 Å². The first-order chi connectivity index (χ1) is 35.1. The van der Waals surface area contributed by atoms with E-state index in [4.69, 9.17) is 185 Å². The zero-order valence-electron chi connectivity index (χ0n) is 42.6. The lowest BCUT2D eigenvalue weighted by atomic mass is 8.27. The Morgan fingerprint density at radius 2 is 0.618 bits per heavy atom. The third-order valence-electron chi connectivity index (χ3n) is 12.4. The van der Waals surface area contributed by atoms with Crippen LogP contribution in [0.4, 0.5) is 0 Å². The van der Waals surface area contributed by atoms with Crippen molar-refractivity contribution in [1.29, 1.82) is 0 Å². The molecular weight excluding hydrogens is 1030 g/mol. The van der Waals surface area contributed by atoms with Gasteiger partial charge in [0.2, 0.25) is 0 Å². The molecular formula is C22H22B43Br2N3O6. The maximum atomic E-state index is 11.1. The Labute approximate surface area is 507 Å². The molecule has 0 aromatic carbocycles. The van der Waals surface area contributed by atoms with Gasteiger partial charge in [0.25, 0.3) is 0 Å². The van der Waals surface area contributed by atoms with Gasteiger partial charge in [-0.2, -0.15) is 0 Å². The minimum atomic E-state index is -1.53. The molecule has 3 rings (SSSR count). The maximum Gasteiger partial charge on any atom is 0.490 e. The molecule has 0 aliphatic carbocycles. The van der Waals surface area contributed by atoms with Crippen molar-refractivity contribution in [3.8, 4) is 0 Å². The molecule has 9 nitrogen and oxygen atoms in total. The first-order valence-corrected chi connectivity index (χ1v) is 25.2. The predicted octanol–water partition coefficient (Wildman–Crippen LogP) is -12.7. The number of aromatic nitrogens is 3. The van der Waals surface area contributed by atoms with E-state index in [1.807, 2.05) is 13.0 Å². The summed E-state index contributed by atoms with van der Waals surface area (Å²) >= 11 is 6.38. The SMILES string of the molecule is CCC(=O)c1ccc(B(O)O)cn1.CCC(=O)c1ccc(Br)cn1.O=C(O)c1ccc(Br)cn1.[B]B([B])B(B([B])[B])B(B([B])[B])B(B(B(B([B])[B])B([B])[B])B(B([B])[B])B([B])[B])B(B(B([B])[B])B([B])[B])B(B([B])[B])B([B])[B]. The van der Waals surface area contributed by atoms with E-state index in [0.29, 0.717) is 24.2 Å². The fourth-order valence-electron chi connectivity index (χ4n) is 9.06. The van der Waals surface area contributed by atoms with Gasteiger partial charge in [0, 0.05) is 344 Å².